The summed E-state index contributed by atoms with van der Waals surface area (Å²) >= 11 is 6.23. The van der Waals surface area contributed by atoms with E-state index in [0.29, 0.717) is 18.0 Å². The average Bonchev–Trinajstić information content (AvgIpc) is 3.00. The molecule has 3 aromatic rings. The molecule has 7 heteroatoms. The fourth-order valence-electron chi connectivity index (χ4n) is 4.46. The zero-order valence-corrected chi connectivity index (χ0v) is 18.0. The number of allylic oxidation sites excluding steroid dienone is 1. The predicted molar refractivity (Wildman–Crippen MR) is 117 cm³/mol. The number of fused-ring (bicyclic) bond motifs is 3. The SMILES string of the molecule is C=CCC(F)(F)C(O)(Cn1c2c(c3cc(Cl)ccc31)CN(C)CC2)c1ccc(F)cc1. The van der Waals surface area contributed by atoms with Gasteiger partial charge in [0.1, 0.15) is 5.82 Å². The maximum atomic E-state index is 15.4. The minimum Gasteiger partial charge on any atom is -0.377 e. The van der Waals surface area contributed by atoms with Gasteiger partial charge in [-0.3, -0.25) is 0 Å². The molecule has 1 aliphatic rings. The van der Waals surface area contributed by atoms with Gasteiger partial charge in [0.25, 0.3) is 5.92 Å². The topological polar surface area (TPSA) is 28.4 Å². The number of hydrogen-bond donors (Lipinski definition) is 1. The molecule has 0 bridgehead atoms. The van der Waals surface area contributed by atoms with E-state index in [1.807, 2.05) is 13.1 Å². The zero-order valence-electron chi connectivity index (χ0n) is 17.2. The van der Waals surface area contributed by atoms with Gasteiger partial charge in [-0.25, -0.2) is 13.2 Å². The van der Waals surface area contributed by atoms with Crippen LogP contribution in [0.5, 0.6) is 0 Å². The van der Waals surface area contributed by atoms with Crippen molar-refractivity contribution in [1.29, 1.82) is 0 Å². The van der Waals surface area contributed by atoms with Crippen LogP contribution < -0.4 is 0 Å². The first-order chi connectivity index (χ1) is 14.7. The van der Waals surface area contributed by atoms with Gasteiger partial charge >= 0.3 is 0 Å². The first-order valence-electron chi connectivity index (χ1n) is 10.1. The van der Waals surface area contributed by atoms with Crippen LogP contribution in [-0.2, 0) is 25.1 Å². The Morgan fingerprint density at radius 1 is 1.19 bits per heavy atom. The Morgan fingerprint density at radius 2 is 1.90 bits per heavy atom. The minimum absolute atomic E-state index is 0.0433. The smallest absolute Gasteiger partial charge is 0.285 e. The van der Waals surface area contributed by atoms with Crippen LogP contribution in [0.3, 0.4) is 0 Å². The largest absolute Gasteiger partial charge is 0.377 e. The molecule has 1 aliphatic heterocycles. The highest BCUT2D eigenvalue weighted by molar-refractivity contribution is 6.31. The molecule has 0 aliphatic carbocycles. The van der Waals surface area contributed by atoms with E-state index in [4.69, 9.17) is 11.6 Å². The lowest BCUT2D eigenvalue weighted by Crippen LogP contribution is -2.48. The zero-order chi connectivity index (χ0) is 22.4. The Labute approximate surface area is 184 Å². The molecule has 0 saturated carbocycles. The van der Waals surface area contributed by atoms with Crippen molar-refractivity contribution in [2.24, 2.45) is 0 Å². The van der Waals surface area contributed by atoms with Crippen LogP contribution in [0.4, 0.5) is 13.2 Å². The summed E-state index contributed by atoms with van der Waals surface area (Å²) in [6.07, 6.45) is 1.04. The summed E-state index contributed by atoms with van der Waals surface area (Å²) in [5.41, 5.74) is 0.0698. The highest BCUT2D eigenvalue weighted by atomic mass is 35.5. The number of rotatable bonds is 6. The number of nitrogens with zero attached hydrogens (tertiary/aromatic N) is 2. The van der Waals surface area contributed by atoms with Gasteiger partial charge in [-0.05, 0) is 48.5 Å². The van der Waals surface area contributed by atoms with Gasteiger partial charge < -0.3 is 14.6 Å². The van der Waals surface area contributed by atoms with Gasteiger partial charge in [0.15, 0.2) is 5.60 Å². The lowest BCUT2D eigenvalue weighted by atomic mass is 9.85. The lowest BCUT2D eigenvalue weighted by molar-refractivity contribution is -0.192. The summed E-state index contributed by atoms with van der Waals surface area (Å²) in [6.45, 7) is 4.48. The second kappa shape index (κ2) is 8.01. The summed E-state index contributed by atoms with van der Waals surface area (Å²) in [7, 11) is 2.00. The van der Waals surface area contributed by atoms with Gasteiger partial charge in [0.05, 0.1) is 6.54 Å². The monoisotopic (exact) mass is 448 g/mol. The van der Waals surface area contributed by atoms with Crippen molar-refractivity contribution < 1.29 is 18.3 Å². The third kappa shape index (κ3) is 3.77. The Morgan fingerprint density at radius 3 is 2.58 bits per heavy atom. The molecule has 1 N–H and O–H groups in total. The van der Waals surface area contributed by atoms with E-state index in [1.54, 1.807) is 16.7 Å². The molecule has 31 heavy (non-hydrogen) atoms. The number of halogens is 4. The first-order valence-corrected chi connectivity index (χ1v) is 10.5. The van der Waals surface area contributed by atoms with Crippen LogP contribution in [0.2, 0.25) is 5.02 Å². The summed E-state index contributed by atoms with van der Waals surface area (Å²) in [6, 6.07) is 9.96. The van der Waals surface area contributed by atoms with E-state index in [1.165, 1.54) is 12.1 Å². The van der Waals surface area contributed by atoms with Gasteiger partial charge in [0.2, 0.25) is 0 Å². The Balaban J connectivity index is 1.92. The van der Waals surface area contributed by atoms with Gasteiger partial charge in [-0.1, -0.05) is 29.8 Å². The van der Waals surface area contributed by atoms with Crippen LogP contribution in [0.25, 0.3) is 10.9 Å². The fourth-order valence-corrected chi connectivity index (χ4v) is 4.63. The minimum atomic E-state index is -3.52. The number of benzene rings is 2. The standard InChI is InChI=1S/C24H24ClF3N2O/c1-3-11-24(27,28)23(31,16-4-7-18(26)8-5-16)15-30-21-9-6-17(25)13-19(21)20-14-29(2)12-10-22(20)30/h3-9,13,31H,1,10-12,14-15H2,2H3. The Bertz CT molecular complexity index is 1130. The summed E-state index contributed by atoms with van der Waals surface area (Å²) < 4.78 is 46.0. The van der Waals surface area contributed by atoms with Crippen molar-refractivity contribution >= 4 is 22.5 Å². The van der Waals surface area contributed by atoms with E-state index < -0.39 is 23.8 Å². The normalized spacial score (nSPS) is 16.8. The Hall–Kier alpha value is -2.28. The number of hydrogen-bond acceptors (Lipinski definition) is 2. The molecular formula is C24H24ClF3N2O. The third-order valence-corrected chi connectivity index (χ3v) is 6.36. The maximum Gasteiger partial charge on any atom is 0.285 e. The quantitative estimate of drug-likeness (QED) is 0.503. The lowest BCUT2D eigenvalue weighted by Gasteiger charge is -2.37. The number of alkyl halides is 2. The summed E-state index contributed by atoms with van der Waals surface area (Å²) in [5.74, 6) is -4.08. The molecule has 1 aromatic heterocycles. The molecule has 0 spiro atoms. The van der Waals surface area contributed by atoms with Crippen molar-refractivity contribution in [1.82, 2.24) is 9.47 Å². The fraction of sp³-hybridized carbons (Fsp3) is 0.333. The average molecular weight is 449 g/mol. The molecule has 0 radical (unpaired) electrons. The van der Waals surface area contributed by atoms with E-state index in [9.17, 15) is 9.50 Å². The second-order valence-corrected chi connectivity index (χ2v) is 8.66. The van der Waals surface area contributed by atoms with Crippen LogP contribution in [0.15, 0.2) is 55.1 Å². The molecule has 2 heterocycles. The summed E-state index contributed by atoms with van der Waals surface area (Å²) in [5, 5.41) is 12.9. The first kappa shape index (κ1) is 21.9. The molecule has 3 nitrogen and oxygen atoms in total. The van der Waals surface area contributed by atoms with Crippen molar-refractivity contribution in [2.45, 2.75) is 37.5 Å². The Kier molecular flexibility index (Phi) is 5.66. The number of aliphatic hydroxyl groups is 1. The van der Waals surface area contributed by atoms with Crippen molar-refractivity contribution in [3.05, 3.63) is 82.8 Å². The van der Waals surface area contributed by atoms with Crippen molar-refractivity contribution in [3.63, 3.8) is 0 Å². The molecule has 1 unspecified atom stereocenters. The molecular weight excluding hydrogens is 425 g/mol. The van der Waals surface area contributed by atoms with Gasteiger partial charge in [-0.15, -0.1) is 6.58 Å². The second-order valence-electron chi connectivity index (χ2n) is 8.23. The number of aromatic nitrogens is 1. The summed E-state index contributed by atoms with van der Waals surface area (Å²) in [4.78, 5) is 2.16. The van der Waals surface area contributed by atoms with E-state index in [-0.39, 0.29) is 12.1 Å². The van der Waals surface area contributed by atoms with Crippen LogP contribution in [0, 0.1) is 5.82 Å². The molecule has 0 fully saturated rings. The molecule has 2 aromatic carbocycles. The molecule has 0 saturated heterocycles. The maximum absolute atomic E-state index is 15.4. The highest BCUT2D eigenvalue weighted by Crippen LogP contribution is 2.44. The van der Waals surface area contributed by atoms with Crippen LogP contribution in [-0.4, -0.2) is 34.1 Å². The van der Waals surface area contributed by atoms with E-state index >= 15 is 8.78 Å². The van der Waals surface area contributed by atoms with Gasteiger partial charge in [-0.2, -0.15) is 0 Å². The van der Waals surface area contributed by atoms with Crippen LogP contribution >= 0.6 is 11.6 Å². The van der Waals surface area contributed by atoms with Gasteiger partial charge in [0, 0.05) is 47.6 Å². The third-order valence-electron chi connectivity index (χ3n) is 6.12. The van der Waals surface area contributed by atoms with Crippen molar-refractivity contribution in [2.75, 3.05) is 13.6 Å². The molecule has 4 rings (SSSR count). The molecule has 1 atom stereocenters. The van der Waals surface area contributed by atoms with E-state index in [2.05, 4.69) is 11.5 Å². The van der Waals surface area contributed by atoms with E-state index in [0.717, 1.165) is 46.9 Å². The molecule has 164 valence electrons. The number of likely N-dealkylation sites (N-methyl/N-ethyl adjacent to an activating group) is 1. The molecule has 0 amide bonds. The predicted octanol–water partition coefficient (Wildman–Crippen LogP) is 5.52. The van der Waals surface area contributed by atoms with Crippen molar-refractivity contribution in [3.8, 4) is 0 Å². The highest BCUT2D eigenvalue weighted by Gasteiger charge is 2.53. The van der Waals surface area contributed by atoms with Crippen LogP contribution in [0.1, 0.15) is 23.2 Å².